The molecule has 1 aromatic carbocycles. The van der Waals surface area contributed by atoms with E-state index in [0.29, 0.717) is 5.56 Å². The molecule has 3 rings (SSSR count). The summed E-state index contributed by atoms with van der Waals surface area (Å²) in [5.41, 5.74) is 3.85. The fraction of sp³-hybridized carbons (Fsp3) is 0.286. The van der Waals surface area contributed by atoms with Gasteiger partial charge in [-0.15, -0.1) is 0 Å². The molecule has 2 aromatic heterocycles. The maximum atomic E-state index is 12.8. The average molecular weight is 348 g/mol. The molecule has 0 aliphatic heterocycles. The number of pyridine rings is 1. The van der Waals surface area contributed by atoms with Gasteiger partial charge in [0.05, 0.1) is 0 Å². The number of likely N-dealkylation sites (N-methyl/N-ethyl adjacent to an activating group) is 1. The van der Waals surface area contributed by atoms with E-state index in [1.807, 2.05) is 75.2 Å². The lowest BCUT2D eigenvalue weighted by Crippen LogP contribution is -2.36. The van der Waals surface area contributed by atoms with Crippen LogP contribution in [0.15, 0.2) is 55.0 Å². The van der Waals surface area contributed by atoms with Crippen LogP contribution in [0, 0.1) is 6.92 Å². The zero-order valence-electron chi connectivity index (χ0n) is 15.7. The predicted molar refractivity (Wildman–Crippen MR) is 103 cm³/mol. The number of imidazole rings is 1. The van der Waals surface area contributed by atoms with Gasteiger partial charge in [-0.1, -0.05) is 12.1 Å². The van der Waals surface area contributed by atoms with Crippen LogP contribution in [0.2, 0.25) is 0 Å². The molecule has 0 saturated heterocycles. The van der Waals surface area contributed by atoms with Crippen molar-refractivity contribution in [3.8, 4) is 11.4 Å². The Bertz CT molecular complexity index is 898. The monoisotopic (exact) mass is 348 g/mol. The Morgan fingerprint density at radius 2 is 1.88 bits per heavy atom. The molecule has 0 fully saturated rings. The molecule has 0 unspecified atom stereocenters. The zero-order valence-corrected chi connectivity index (χ0v) is 15.7. The van der Waals surface area contributed by atoms with Gasteiger partial charge in [-0.25, -0.2) is 4.98 Å². The quantitative estimate of drug-likeness (QED) is 0.709. The summed E-state index contributed by atoms with van der Waals surface area (Å²) in [4.78, 5) is 23.3. The first-order chi connectivity index (χ1) is 12.5. The Kier molecular flexibility index (Phi) is 5.16. The Hall–Kier alpha value is -2.95. The van der Waals surface area contributed by atoms with Crippen LogP contribution in [0.25, 0.3) is 11.4 Å². The van der Waals surface area contributed by atoms with Crippen LogP contribution in [0.5, 0.6) is 0 Å². The van der Waals surface area contributed by atoms with Crippen molar-refractivity contribution >= 4 is 5.91 Å². The molecule has 3 aromatic rings. The van der Waals surface area contributed by atoms with E-state index in [2.05, 4.69) is 16.0 Å². The summed E-state index contributed by atoms with van der Waals surface area (Å²) in [5, 5.41) is 0. The van der Waals surface area contributed by atoms with E-state index >= 15 is 0 Å². The first-order valence-corrected chi connectivity index (χ1v) is 8.72. The number of benzene rings is 1. The molecule has 1 atom stereocenters. The van der Waals surface area contributed by atoms with E-state index in [1.54, 1.807) is 11.1 Å². The van der Waals surface area contributed by atoms with Gasteiger partial charge in [0.25, 0.3) is 5.91 Å². The minimum absolute atomic E-state index is 0.0107. The van der Waals surface area contributed by atoms with Crippen LogP contribution in [0.3, 0.4) is 0 Å². The third-order valence-corrected chi connectivity index (χ3v) is 4.67. The van der Waals surface area contributed by atoms with E-state index in [-0.39, 0.29) is 11.9 Å². The van der Waals surface area contributed by atoms with Crippen molar-refractivity contribution in [2.75, 3.05) is 7.05 Å². The van der Waals surface area contributed by atoms with E-state index in [0.717, 1.165) is 23.5 Å². The highest BCUT2D eigenvalue weighted by molar-refractivity contribution is 5.94. The van der Waals surface area contributed by atoms with Gasteiger partial charge in [0.2, 0.25) is 0 Å². The second-order valence-corrected chi connectivity index (χ2v) is 6.73. The number of hydrogen-bond donors (Lipinski definition) is 0. The van der Waals surface area contributed by atoms with Gasteiger partial charge < -0.3 is 9.47 Å². The van der Waals surface area contributed by atoms with Crippen LogP contribution >= 0.6 is 0 Å². The molecule has 5 nitrogen and oxygen atoms in total. The summed E-state index contributed by atoms with van der Waals surface area (Å²) >= 11 is 0. The van der Waals surface area contributed by atoms with Gasteiger partial charge in [0.15, 0.2) is 0 Å². The van der Waals surface area contributed by atoms with Crippen LogP contribution in [0.1, 0.15) is 28.5 Å². The standard InChI is InChI=1S/C21H24N4O/c1-15-9-10-22-19(13-15)14-16(2)25(4)21(26)18-7-5-17(6-8-18)20-23-11-12-24(20)3/h5-13,16H,14H2,1-4H3/t16-/m0/s1. The highest BCUT2D eigenvalue weighted by atomic mass is 16.2. The molecular weight excluding hydrogens is 324 g/mol. The normalized spacial score (nSPS) is 12.0. The number of amides is 1. The first kappa shape index (κ1) is 17.9. The van der Waals surface area contributed by atoms with Gasteiger partial charge in [0, 0.05) is 62.0 Å². The number of rotatable bonds is 5. The molecule has 134 valence electrons. The molecule has 2 heterocycles. The Morgan fingerprint density at radius 3 is 2.50 bits per heavy atom. The lowest BCUT2D eigenvalue weighted by atomic mass is 10.1. The fourth-order valence-electron chi connectivity index (χ4n) is 2.96. The summed E-state index contributed by atoms with van der Waals surface area (Å²) in [5.74, 6) is 0.896. The number of carbonyl (C=O) groups excluding carboxylic acids is 1. The largest absolute Gasteiger partial charge is 0.339 e. The van der Waals surface area contributed by atoms with Crippen molar-refractivity contribution in [2.24, 2.45) is 7.05 Å². The summed E-state index contributed by atoms with van der Waals surface area (Å²) in [6, 6.07) is 11.7. The summed E-state index contributed by atoms with van der Waals surface area (Å²) in [6.45, 7) is 4.10. The van der Waals surface area contributed by atoms with Crippen LogP contribution in [-0.2, 0) is 13.5 Å². The molecule has 0 saturated carbocycles. The van der Waals surface area contributed by atoms with Crippen LogP contribution in [-0.4, -0.2) is 38.4 Å². The highest BCUT2D eigenvalue weighted by Crippen LogP contribution is 2.18. The SMILES string of the molecule is Cc1ccnc(C[C@H](C)N(C)C(=O)c2ccc(-c3nccn3C)cc2)c1. The topological polar surface area (TPSA) is 51.0 Å². The lowest BCUT2D eigenvalue weighted by Gasteiger charge is -2.25. The number of hydrogen-bond acceptors (Lipinski definition) is 3. The van der Waals surface area contributed by atoms with Crippen molar-refractivity contribution in [1.29, 1.82) is 0 Å². The molecule has 5 heteroatoms. The van der Waals surface area contributed by atoms with E-state index in [1.165, 1.54) is 5.56 Å². The Balaban J connectivity index is 1.70. The molecule has 0 N–H and O–H groups in total. The maximum absolute atomic E-state index is 12.8. The van der Waals surface area contributed by atoms with Crippen molar-refractivity contribution in [3.05, 3.63) is 71.8 Å². The average Bonchev–Trinajstić information content (AvgIpc) is 3.06. The molecule has 0 aliphatic carbocycles. The van der Waals surface area contributed by atoms with Gasteiger partial charge >= 0.3 is 0 Å². The minimum Gasteiger partial charge on any atom is -0.339 e. The predicted octanol–water partition coefficient (Wildman–Crippen LogP) is 3.49. The van der Waals surface area contributed by atoms with Gasteiger partial charge in [0.1, 0.15) is 5.82 Å². The molecular formula is C21H24N4O. The minimum atomic E-state index is 0.0107. The van der Waals surface area contributed by atoms with Crippen LogP contribution < -0.4 is 0 Å². The molecule has 1 amide bonds. The summed E-state index contributed by atoms with van der Waals surface area (Å²) in [7, 11) is 3.80. The first-order valence-electron chi connectivity index (χ1n) is 8.72. The van der Waals surface area contributed by atoms with Crippen molar-refractivity contribution in [2.45, 2.75) is 26.3 Å². The smallest absolute Gasteiger partial charge is 0.253 e. The Labute approximate surface area is 154 Å². The van der Waals surface area contributed by atoms with Crippen molar-refractivity contribution < 1.29 is 4.79 Å². The third kappa shape index (κ3) is 3.82. The second kappa shape index (κ2) is 7.52. The van der Waals surface area contributed by atoms with Gasteiger partial charge in [-0.3, -0.25) is 9.78 Å². The molecule has 0 bridgehead atoms. The van der Waals surface area contributed by atoms with Gasteiger partial charge in [-0.05, 0) is 43.7 Å². The van der Waals surface area contributed by atoms with Crippen molar-refractivity contribution in [1.82, 2.24) is 19.4 Å². The van der Waals surface area contributed by atoms with E-state index in [9.17, 15) is 4.79 Å². The lowest BCUT2D eigenvalue weighted by molar-refractivity contribution is 0.0743. The fourth-order valence-corrected chi connectivity index (χ4v) is 2.96. The number of carbonyl (C=O) groups is 1. The Morgan fingerprint density at radius 1 is 1.15 bits per heavy atom. The number of aryl methyl sites for hydroxylation is 2. The zero-order chi connectivity index (χ0) is 18.7. The number of aromatic nitrogens is 3. The van der Waals surface area contributed by atoms with E-state index in [4.69, 9.17) is 0 Å². The molecule has 26 heavy (non-hydrogen) atoms. The molecule has 0 aliphatic rings. The molecule has 0 spiro atoms. The molecule has 0 radical (unpaired) electrons. The van der Waals surface area contributed by atoms with Gasteiger partial charge in [-0.2, -0.15) is 0 Å². The van der Waals surface area contributed by atoms with Crippen molar-refractivity contribution in [3.63, 3.8) is 0 Å². The third-order valence-electron chi connectivity index (χ3n) is 4.67. The number of nitrogens with zero attached hydrogens (tertiary/aromatic N) is 4. The second-order valence-electron chi connectivity index (χ2n) is 6.73. The summed E-state index contributed by atoms with van der Waals surface area (Å²) < 4.78 is 1.96. The van der Waals surface area contributed by atoms with Crippen LogP contribution in [0.4, 0.5) is 0 Å². The maximum Gasteiger partial charge on any atom is 0.253 e. The summed E-state index contributed by atoms with van der Waals surface area (Å²) in [6.07, 6.45) is 6.22. The van der Waals surface area contributed by atoms with E-state index < -0.39 is 0 Å². The highest BCUT2D eigenvalue weighted by Gasteiger charge is 2.18.